The molecule has 0 unspecified atom stereocenters. The van der Waals surface area contributed by atoms with Crippen molar-refractivity contribution in [2.75, 3.05) is 10.2 Å². The third kappa shape index (κ3) is 2.92. The van der Waals surface area contributed by atoms with Gasteiger partial charge in [-0.2, -0.15) is 0 Å². The highest BCUT2D eigenvalue weighted by Gasteiger charge is 2.70. The predicted octanol–water partition coefficient (Wildman–Crippen LogP) is 5.28. The van der Waals surface area contributed by atoms with Gasteiger partial charge in [0.05, 0.1) is 12.0 Å². The van der Waals surface area contributed by atoms with E-state index in [1.165, 1.54) is 0 Å². The van der Waals surface area contributed by atoms with Crippen LogP contribution in [0.1, 0.15) is 42.3 Å². The van der Waals surface area contributed by atoms with E-state index < -0.39 is 28.8 Å². The third-order valence-electron chi connectivity index (χ3n) is 7.89. The number of para-hydroxylation sites is 2. The first-order chi connectivity index (χ1) is 17.3. The highest BCUT2D eigenvalue weighted by Crippen LogP contribution is 2.58. The number of carbonyl (C=O) groups excluding carboxylic acids is 3. The number of hydrogen-bond donors (Lipinski definition) is 1. The second kappa shape index (κ2) is 7.76. The van der Waals surface area contributed by atoms with Crippen molar-refractivity contribution >= 4 is 34.9 Å². The zero-order chi connectivity index (χ0) is 25.2. The van der Waals surface area contributed by atoms with Gasteiger partial charge in [0.25, 0.3) is 0 Å². The smallest absolute Gasteiger partial charge is 0.238 e. The van der Waals surface area contributed by atoms with Crippen LogP contribution in [0.2, 0.25) is 0 Å². The van der Waals surface area contributed by atoms with Crippen LogP contribution < -0.4 is 10.2 Å². The maximum absolute atomic E-state index is 14.5. The van der Waals surface area contributed by atoms with Crippen LogP contribution in [0, 0.1) is 11.3 Å². The minimum atomic E-state index is -1.25. The Balaban J connectivity index is 1.69. The number of ketones is 2. The first-order valence-electron chi connectivity index (χ1n) is 12.4. The summed E-state index contributed by atoms with van der Waals surface area (Å²) in [4.78, 5) is 45.0. The van der Waals surface area contributed by atoms with Crippen molar-refractivity contribution in [3.05, 3.63) is 102 Å². The minimum Gasteiger partial charge on any atom is -0.352 e. The lowest BCUT2D eigenvalue weighted by Gasteiger charge is -2.38. The van der Waals surface area contributed by atoms with E-state index in [0.717, 1.165) is 16.8 Å². The van der Waals surface area contributed by atoms with Gasteiger partial charge < -0.3 is 10.2 Å². The van der Waals surface area contributed by atoms with E-state index in [1.54, 1.807) is 12.1 Å². The number of rotatable bonds is 3. The van der Waals surface area contributed by atoms with Crippen LogP contribution in [0.4, 0.5) is 11.4 Å². The van der Waals surface area contributed by atoms with Gasteiger partial charge in [0.2, 0.25) is 5.91 Å². The first-order valence-corrected chi connectivity index (χ1v) is 12.4. The fourth-order valence-corrected chi connectivity index (χ4v) is 6.35. The number of nitrogens with one attached hydrogen (secondary N) is 1. The number of amides is 1. The van der Waals surface area contributed by atoms with Crippen molar-refractivity contribution < 1.29 is 14.4 Å². The van der Waals surface area contributed by atoms with Crippen molar-refractivity contribution in [1.82, 2.24) is 0 Å². The highest BCUT2D eigenvalue weighted by molar-refractivity contribution is 6.17. The van der Waals surface area contributed by atoms with Crippen molar-refractivity contribution in [2.24, 2.45) is 11.3 Å². The van der Waals surface area contributed by atoms with E-state index in [4.69, 9.17) is 0 Å². The van der Waals surface area contributed by atoms with Crippen molar-refractivity contribution in [3.63, 3.8) is 0 Å². The highest BCUT2D eigenvalue weighted by atomic mass is 16.2. The summed E-state index contributed by atoms with van der Waals surface area (Å²) in [7, 11) is 0. The molecule has 1 saturated heterocycles. The van der Waals surface area contributed by atoms with E-state index in [1.807, 2.05) is 99.7 Å². The Morgan fingerprint density at radius 3 is 2.31 bits per heavy atom. The van der Waals surface area contributed by atoms with E-state index in [-0.39, 0.29) is 17.5 Å². The molecular formula is C31H28N2O3. The molecule has 3 aliphatic heterocycles. The Bertz CT molecular complexity index is 1440. The van der Waals surface area contributed by atoms with Gasteiger partial charge in [-0.15, -0.1) is 0 Å². The molecule has 36 heavy (non-hydrogen) atoms. The maximum atomic E-state index is 14.5. The summed E-state index contributed by atoms with van der Waals surface area (Å²) in [6.45, 7) is 5.65. The molecule has 3 aliphatic rings. The van der Waals surface area contributed by atoms with Gasteiger partial charge in [-0.05, 0) is 23.3 Å². The molecule has 180 valence electrons. The molecule has 1 N–H and O–H groups in total. The number of Topliss-reactive ketones (excluding diaryl/α,β-unsaturated/α-hetero) is 2. The normalized spacial score (nSPS) is 25.8. The molecule has 0 radical (unpaired) electrons. The molecule has 0 saturated carbocycles. The quantitative estimate of drug-likeness (QED) is 0.523. The Hall–Kier alpha value is -3.99. The first kappa shape index (κ1) is 22.5. The maximum Gasteiger partial charge on any atom is 0.238 e. The number of anilines is 2. The SMILES string of the molecule is CC(C)(C)C(=O)[C@H]1[C@@H](C(=O)c2ccccc2)[C@]2(C(=O)Nc3ccccc32)[C@H]2C=Cc3ccccc3N12. The summed E-state index contributed by atoms with van der Waals surface area (Å²) in [6, 6.07) is 23.2. The van der Waals surface area contributed by atoms with E-state index >= 15 is 0 Å². The monoisotopic (exact) mass is 476 g/mol. The molecule has 3 aromatic rings. The molecule has 1 amide bonds. The van der Waals surface area contributed by atoms with Crippen molar-refractivity contribution in [3.8, 4) is 0 Å². The Kier molecular flexibility index (Phi) is 4.84. The van der Waals surface area contributed by atoms with Gasteiger partial charge in [0, 0.05) is 22.4 Å². The molecular weight excluding hydrogens is 448 g/mol. The minimum absolute atomic E-state index is 0.0547. The van der Waals surface area contributed by atoms with Gasteiger partial charge >= 0.3 is 0 Å². The third-order valence-corrected chi connectivity index (χ3v) is 7.89. The van der Waals surface area contributed by atoms with Crippen LogP contribution in [0.25, 0.3) is 6.08 Å². The van der Waals surface area contributed by atoms with Gasteiger partial charge in [0.15, 0.2) is 11.6 Å². The summed E-state index contributed by atoms with van der Waals surface area (Å²) in [5.41, 5.74) is 1.84. The van der Waals surface area contributed by atoms with Crippen molar-refractivity contribution in [1.29, 1.82) is 0 Å². The average Bonchev–Trinajstić information content (AvgIpc) is 3.36. The van der Waals surface area contributed by atoms with Crippen LogP contribution in [-0.2, 0) is 15.0 Å². The Morgan fingerprint density at radius 1 is 0.889 bits per heavy atom. The molecule has 5 nitrogen and oxygen atoms in total. The lowest BCUT2D eigenvalue weighted by molar-refractivity contribution is -0.128. The second-order valence-corrected chi connectivity index (χ2v) is 10.9. The average molecular weight is 477 g/mol. The summed E-state index contributed by atoms with van der Waals surface area (Å²) in [5.74, 6) is -1.39. The van der Waals surface area contributed by atoms with E-state index in [0.29, 0.717) is 11.3 Å². The van der Waals surface area contributed by atoms with Crippen LogP contribution in [0.3, 0.4) is 0 Å². The van der Waals surface area contributed by atoms with Crippen LogP contribution >= 0.6 is 0 Å². The van der Waals surface area contributed by atoms with Gasteiger partial charge in [-0.25, -0.2) is 0 Å². The molecule has 0 aliphatic carbocycles. The van der Waals surface area contributed by atoms with E-state index in [2.05, 4.69) is 10.2 Å². The molecule has 5 heteroatoms. The zero-order valence-corrected chi connectivity index (χ0v) is 20.6. The fraction of sp³-hybridized carbons (Fsp3) is 0.258. The standard InChI is InChI=1S/C31H28N2O3/c1-30(2,3)28(35)26-25(27(34)20-12-5-4-6-13-20)31(21-14-8-9-15-22(21)32-29(31)36)24-18-17-19-11-7-10-16-23(19)33(24)26/h4-18,24-26H,1-3H3,(H,32,36)/t24-,25+,26-,31-/m1/s1. The van der Waals surface area contributed by atoms with Gasteiger partial charge in [0.1, 0.15) is 11.5 Å². The number of nitrogens with zero attached hydrogens (tertiary/aromatic N) is 1. The Morgan fingerprint density at radius 2 is 1.56 bits per heavy atom. The summed E-state index contributed by atoms with van der Waals surface area (Å²) in [5, 5.41) is 3.06. The molecule has 4 atom stereocenters. The van der Waals surface area contributed by atoms with Gasteiger partial charge in [-0.3, -0.25) is 14.4 Å². The number of carbonyl (C=O) groups is 3. The summed E-state index contributed by atoms with van der Waals surface area (Å²) >= 11 is 0. The lowest BCUT2D eigenvalue weighted by Crippen LogP contribution is -2.51. The summed E-state index contributed by atoms with van der Waals surface area (Å²) < 4.78 is 0. The zero-order valence-electron chi connectivity index (χ0n) is 20.6. The number of fused-ring (bicyclic) bond motifs is 6. The Labute approximate surface area is 210 Å². The fourth-order valence-electron chi connectivity index (χ4n) is 6.35. The predicted molar refractivity (Wildman–Crippen MR) is 141 cm³/mol. The molecule has 3 heterocycles. The van der Waals surface area contributed by atoms with E-state index in [9.17, 15) is 14.4 Å². The molecule has 6 rings (SSSR count). The van der Waals surface area contributed by atoms with Crippen LogP contribution in [0.5, 0.6) is 0 Å². The molecule has 3 aromatic carbocycles. The number of hydrogen-bond acceptors (Lipinski definition) is 4. The molecule has 1 fully saturated rings. The van der Waals surface area contributed by atoms with Crippen LogP contribution in [0.15, 0.2) is 84.9 Å². The van der Waals surface area contributed by atoms with Crippen LogP contribution in [-0.4, -0.2) is 29.6 Å². The largest absolute Gasteiger partial charge is 0.352 e. The lowest BCUT2D eigenvalue weighted by atomic mass is 9.63. The number of benzene rings is 3. The molecule has 0 aromatic heterocycles. The van der Waals surface area contributed by atoms with Gasteiger partial charge in [-0.1, -0.05) is 99.7 Å². The second-order valence-electron chi connectivity index (χ2n) is 10.9. The molecule has 1 spiro atoms. The molecule has 0 bridgehead atoms. The van der Waals surface area contributed by atoms with Crippen molar-refractivity contribution in [2.45, 2.75) is 38.3 Å². The topological polar surface area (TPSA) is 66.5 Å². The summed E-state index contributed by atoms with van der Waals surface area (Å²) in [6.07, 6.45) is 4.02.